The molecule has 5 heteroatoms. The summed E-state index contributed by atoms with van der Waals surface area (Å²) < 4.78 is 0. The summed E-state index contributed by atoms with van der Waals surface area (Å²) in [6.07, 6.45) is 1.59. The minimum absolute atomic E-state index is 0.0732. The van der Waals surface area contributed by atoms with Crippen molar-refractivity contribution in [3.8, 4) is 11.3 Å². The van der Waals surface area contributed by atoms with Crippen LogP contribution in [0.15, 0.2) is 53.8 Å². The van der Waals surface area contributed by atoms with Gasteiger partial charge in [0.25, 0.3) is 0 Å². The van der Waals surface area contributed by atoms with E-state index >= 15 is 0 Å². The minimum atomic E-state index is 0.0732. The molecule has 0 aliphatic rings. The molecule has 0 spiro atoms. The Labute approximate surface area is 147 Å². The van der Waals surface area contributed by atoms with E-state index in [1.807, 2.05) is 18.2 Å². The number of benzene rings is 2. The molecule has 0 saturated carbocycles. The molecular weight excluding hydrogens is 310 g/mol. The highest BCUT2D eigenvalue weighted by molar-refractivity contribution is 5.93. The van der Waals surface area contributed by atoms with Crippen LogP contribution in [0.3, 0.4) is 0 Å². The van der Waals surface area contributed by atoms with Crippen molar-refractivity contribution in [2.24, 2.45) is 16.5 Å². The number of aliphatic imine (C=N–C) groups is 1. The van der Waals surface area contributed by atoms with E-state index in [2.05, 4.69) is 60.0 Å². The molecule has 4 N–H and O–H groups in total. The fourth-order valence-electron chi connectivity index (χ4n) is 2.81. The highest BCUT2D eigenvalue weighted by Gasteiger charge is 2.14. The summed E-state index contributed by atoms with van der Waals surface area (Å²) in [6, 6.07) is 14.5. The van der Waals surface area contributed by atoms with E-state index in [1.54, 1.807) is 6.33 Å². The van der Waals surface area contributed by atoms with E-state index in [1.165, 1.54) is 5.56 Å². The molecule has 0 aliphatic heterocycles. The van der Waals surface area contributed by atoms with Crippen LogP contribution in [-0.4, -0.2) is 15.9 Å². The second-order valence-corrected chi connectivity index (χ2v) is 7.10. The topological polar surface area (TPSA) is 90.2 Å². The number of aromatic nitrogens is 2. The molecule has 5 nitrogen and oxygen atoms in total. The number of hydrogen-bond acceptors (Lipinski definition) is 3. The van der Waals surface area contributed by atoms with E-state index < -0.39 is 0 Å². The first-order chi connectivity index (χ1) is 11.9. The van der Waals surface area contributed by atoms with Crippen LogP contribution < -0.4 is 11.5 Å². The lowest BCUT2D eigenvalue weighted by Gasteiger charge is -2.19. The van der Waals surface area contributed by atoms with Crippen LogP contribution in [0.4, 0.5) is 0 Å². The monoisotopic (exact) mass is 333 g/mol. The van der Waals surface area contributed by atoms with Crippen LogP contribution >= 0.6 is 0 Å². The Bertz CT molecular complexity index is 917. The summed E-state index contributed by atoms with van der Waals surface area (Å²) in [5, 5.41) is 0.995. The van der Waals surface area contributed by atoms with Gasteiger partial charge in [-0.05, 0) is 11.0 Å². The zero-order valence-corrected chi connectivity index (χ0v) is 14.8. The number of para-hydroxylation sites is 1. The lowest BCUT2D eigenvalue weighted by molar-refractivity contribution is 0.590. The largest absolute Gasteiger partial charge is 0.370 e. The molecule has 0 saturated heterocycles. The van der Waals surface area contributed by atoms with Crippen LogP contribution in [0.5, 0.6) is 0 Å². The van der Waals surface area contributed by atoms with Crippen LogP contribution in [0.25, 0.3) is 22.2 Å². The standard InChI is InChI=1S/C20H23N5/c1-20(2,3)15-9-7-13(8-10-15)17-16-6-4-5-14(11-23-19(21)22)18(16)25-12-24-17/h4-10,12H,11H2,1-3H3,(H4,21,22,23). The first-order valence-corrected chi connectivity index (χ1v) is 8.25. The van der Waals surface area contributed by atoms with Crippen molar-refractivity contribution in [1.29, 1.82) is 0 Å². The lowest BCUT2D eigenvalue weighted by atomic mass is 9.86. The summed E-state index contributed by atoms with van der Waals surface area (Å²) in [4.78, 5) is 13.0. The third-order valence-corrected chi connectivity index (χ3v) is 4.20. The Balaban J connectivity index is 2.08. The Morgan fingerprint density at radius 3 is 2.36 bits per heavy atom. The summed E-state index contributed by atoms with van der Waals surface area (Å²) in [7, 11) is 0. The molecule has 3 aromatic rings. The molecule has 0 unspecified atom stereocenters. The van der Waals surface area contributed by atoms with Gasteiger partial charge in [-0.2, -0.15) is 0 Å². The third kappa shape index (κ3) is 3.60. The van der Waals surface area contributed by atoms with Crippen molar-refractivity contribution in [1.82, 2.24) is 9.97 Å². The maximum absolute atomic E-state index is 5.45. The summed E-state index contributed by atoms with van der Waals surface area (Å²) >= 11 is 0. The molecule has 3 rings (SSSR count). The van der Waals surface area contributed by atoms with Gasteiger partial charge < -0.3 is 11.5 Å². The maximum atomic E-state index is 5.45. The average molecular weight is 333 g/mol. The summed E-state index contributed by atoms with van der Waals surface area (Å²) in [5.41, 5.74) is 16.1. The van der Waals surface area contributed by atoms with Crippen molar-refractivity contribution in [3.05, 3.63) is 59.9 Å². The SMILES string of the molecule is CC(C)(C)c1ccc(-c2ncnc3c(CN=C(N)N)cccc23)cc1. The number of hydrogen-bond donors (Lipinski definition) is 2. The van der Waals surface area contributed by atoms with Gasteiger partial charge in [0.05, 0.1) is 17.8 Å². The molecule has 128 valence electrons. The minimum Gasteiger partial charge on any atom is -0.370 e. The molecule has 0 radical (unpaired) electrons. The summed E-state index contributed by atoms with van der Waals surface area (Å²) in [6.45, 7) is 7.02. The van der Waals surface area contributed by atoms with Crippen molar-refractivity contribution >= 4 is 16.9 Å². The molecule has 0 bridgehead atoms. The fourth-order valence-corrected chi connectivity index (χ4v) is 2.81. The van der Waals surface area contributed by atoms with Crippen molar-refractivity contribution in [3.63, 3.8) is 0 Å². The Hall–Kier alpha value is -2.95. The van der Waals surface area contributed by atoms with E-state index in [9.17, 15) is 0 Å². The molecule has 0 atom stereocenters. The van der Waals surface area contributed by atoms with Crippen LogP contribution in [0.2, 0.25) is 0 Å². The average Bonchev–Trinajstić information content (AvgIpc) is 2.58. The van der Waals surface area contributed by atoms with Gasteiger partial charge in [-0.1, -0.05) is 63.2 Å². The Kier molecular flexibility index (Phi) is 4.40. The molecular formula is C20H23N5. The van der Waals surface area contributed by atoms with Gasteiger partial charge in [-0.15, -0.1) is 0 Å². The zero-order valence-electron chi connectivity index (χ0n) is 14.8. The molecule has 25 heavy (non-hydrogen) atoms. The van der Waals surface area contributed by atoms with E-state index in [0.717, 1.165) is 27.7 Å². The van der Waals surface area contributed by atoms with Gasteiger partial charge in [0, 0.05) is 16.5 Å². The van der Waals surface area contributed by atoms with Crippen LogP contribution in [0, 0.1) is 0 Å². The second kappa shape index (κ2) is 6.51. The van der Waals surface area contributed by atoms with E-state index in [4.69, 9.17) is 11.5 Å². The maximum Gasteiger partial charge on any atom is 0.186 e. The molecule has 0 fully saturated rings. The van der Waals surface area contributed by atoms with Gasteiger partial charge in [0.15, 0.2) is 5.96 Å². The first-order valence-electron chi connectivity index (χ1n) is 8.25. The predicted octanol–water partition coefficient (Wildman–Crippen LogP) is 3.37. The van der Waals surface area contributed by atoms with Crippen LogP contribution in [0.1, 0.15) is 31.9 Å². The predicted molar refractivity (Wildman–Crippen MR) is 103 cm³/mol. The number of rotatable bonds is 3. The van der Waals surface area contributed by atoms with Gasteiger partial charge in [0.2, 0.25) is 0 Å². The highest BCUT2D eigenvalue weighted by atomic mass is 15.0. The fraction of sp³-hybridized carbons (Fsp3) is 0.250. The normalized spacial score (nSPS) is 11.5. The molecule has 1 heterocycles. The summed E-state index contributed by atoms with van der Waals surface area (Å²) in [5.74, 6) is 0.0732. The number of guanidine groups is 1. The van der Waals surface area contributed by atoms with Gasteiger partial charge in [-0.25, -0.2) is 15.0 Å². The Morgan fingerprint density at radius 1 is 1.00 bits per heavy atom. The Morgan fingerprint density at radius 2 is 1.72 bits per heavy atom. The number of nitrogens with two attached hydrogens (primary N) is 2. The second-order valence-electron chi connectivity index (χ2n) is 7.10. The smallest absolute Gasteiger partial charge is 0.186 e. The molecule has 1 aromatic heterocycles. The first kappa shape index (κ1) is 16.9. The number of nitrogens with zero attached hydrogens (tertiary/aromatic N) is 3. The molecule has 0 amide bonds. The van der Waals surface area contributed by atoms with Crippen molar-refractivity contribution in [2.45, 2.75) is 32.7 Å². The lowest BCUT2D eigenvalue weighted by Crippen LogP contribution is -2.22. The van der Waals surface area contributed by atoms with Gasteiger partial charge in [-0.3, -0.25) is 0 Å². The van der Waals surface area contributed by atoms with Crippen LogP contribution in [-0.2, 0) is 12.0 Å². The van der Waals surface area contributed by atoms with Gasteiger partial charge >= 0.3 is 0 Å². The highest BCUT2D eigenvalue weighted by Crippen LogP contribution is 2.29. The van der Waals surface area contributed by atoms with E-state index in [-0.39, 0.29) is 11.4 Å². The number of fused-ring (bicyclic) bond motifs is 1. The zero-order chi connectivity index (χ0) is 18.0. The van der Waals surface area contributed by atoms with Crippen molar-refractivity contribution < 1.29 is 0 Å². The van der Waals surface area contributed by atoms with E-state index in [0.29, 0.717) is 6.54 Å². The molecule has 0 aliphatic carbocycles. The van der Waals surface area contributed by atoms with Crippen molar-refractivity contribution in [2.75, 3.05) is 0 Å². The quantitative estimate of drug-likeness (QED) is 0.568. The third-order valence-electron chi connectivity index (χ3n) is 4.20. The van der Waals surface area contributed by atoms with Gasteiger partial charge in [0.1, 0.15) is 6.33 Å². The molecule has 2 aromatic carbocycles.